The molecule has 1 amide bonds. The molecule has 92 valence electrons. The molecule has 1 aliphatic carbocycles. The van der Waals surface area contributed by atoms with Gasteiger partial charge in [-0.05, 0) is 25.7 Å². The number of amides is 1. The lowest BCUT2D eigenvalue weighted by molar-refractivity contribution is -0.137. The van der Waals surface area contributed by atoms with Gasteiger partial charge >= 0.3 is 5.97 Å². The maximum absolute atomic E-state index is 11.8. The molecule has 17 heavy (non-hydrogen) atoms. The van der Waals surface area contributed by atoms with Crippen molar-refractivity contribution in [3.8, 4) is 0 Å². The van der Waals surface area contributed by atoms with Crippen LogP contribution in [0.15, 0.2) is 10.8 Å². The molecule has 0 aromatic carbocycles. The summed E-state index contributed by atoms with van der Waals surface area (Å²) in [6, 6.07) is -0.309. The Morgan fingerprint density at radius 1 is 1.65 bits per heavy atom. The van der Waals surface area contributed by atoms with E-state index in [1.54, 1.807) is 6.92 Å². The summed E-state index contributed by atoms with van der Waals surface area (Å²) in [5, 5.41) is 11.5. The molecule has 0 radical (unpaired) electrons. The Bertz CT molecular complexity index is 436. The quantitative estimate of drug-likeness (QED) is 0.797. The maximum Gasteiger partial charge on any atom is 0.305 e. The highest BCUT2D eigenvalue weighted by atomic mass is 16.4. The predicted octanol–water partition coefficient (Wildman–Crippen LogP) is 0.966. The van der Waals surface area contributed by atoms with Gasteiger partial charge in [0.1, 0.15) is 5.76 Å². The van der Waals surface area contributed by atoms with Crippen LogP contribution in [0.4, 0.5) is 0 Å². The lowest BCUT2D eigenvalue weighted by Crippen LogP contribution is -2.38. The number of aliphatic carboxylic acids is 1. The lowest BCUT2D eigenvalue weighted by Gasteiger charge is -2.15. The minimum atomic E-state index is -0.904. The first-order valence-electron chi connectivity index (χ1n) is 5.50. The third-order valence-corrected chi connectivity index (χ3v) is 2.86. The van der Waals surface area contributed by atoms with Crippen LogP contribution in [0.1, 0.15) is 35.5 Å². The van der Waals surface area contributed by atoms with E-state index in [4.69, 9.17) is 9.52 Å². The minimum Gasteiger partial charge on any atom is -0.481 e. The van der Waals surface area contributed by atoms with E-state index in [1.807, 2.05) is 0 Å². The normalized spacial score (nSPS) is 16.5. The number of carboxylic acids is 1. The Morgan fingerprint density at radius 2 is 2.35 bits per heavy atom. The molecule has 0 bridgehead atoms. The molecular formula is C11H14N2O4. The molecule has 1 atom stereocenters. The molecule has 0 aliphatic heterocycles. The van der Waals surface area contributed by atoms with Crippen molar-refractivity contribution in [2.45, 2.75) is 32.2 Å². The molecule has 0 saturated heterocycles. The maximum atomic E-state index is 11.8. The molecular weight excluding hydrogens is 224 g/mol. The zero-order chi connectivity index (χ0) is 12.4. The average Bonchev–Trinajstić information content (AvgIpc) is 3.00. The molecule has 1 fully saturated rings. The summed E-state index contributed by atoms with van der Waals surface area (Å²) in [7, 11) is 0. The monoisotopic (exact) mass is 238 g/mol. The van der Waals surface area contributed by atoms with Crippen LogP contribution in [0.25, 0.3) is 0 Å². The fraction of sp³-hybridized carbons (Fsp3) is 0.545. The topological polar surface area (TPSA) is 92.4 Å². The van der Waals surface area contributed by atoms with Gasteiger partial charge in [-0.3, -0.25) is 9.59 Å². The molecule has 2 N–H and O–H groups in total. The van der Waals surface area contributed by atoms with E-state index in [0.717, 1.165) is 12.8 Å². The summed E-state index contributed by atoms with van der Waals surface area (Å²) in [5.74, 6) is -0.553. The van der Waals surface area contributed by atoms with Crippen LogP contribution >= 0.6 is 0 Å². The van der Waals surface area contributed by atoms with Crippen LogP contribution in [0.3, 0.4) is 0 Å². The van der Waals surface area contributed by atoms with Gasteiger partial charge in [0.15, 0.2) is 12.1 Å². The number of nitrogens with zero attached hydrogens (tertiary/aromatic N) is 1. The Hall–Kier alpha value is -1.85. The molecule has 1 aliphatic rings. The van der Waals surface area contributed by atoms with Gasteiger partial charge in [0.2, 0.25) is 0 Å². The number of carbonyl (C=O) groups is 2. The minimum absolute atomic E-state index is 0.0483. The Kier molecular flexibility index (Phi) is 3.12. The number of nitrogens with one attached hydrogen (secondary N) is 1. The van der Waals surface area contributed by atoms with Crippen molar-refractivity contribution in [3.63, 3.8) is 0 Å². The number of aromatic nitrogens is 1. The Balaban J connectivity index is 2.00. The van der Waals surface area contributed by atoms with Gasteiger partial charge in [-0.1, -0.05) is 0 Å². The van der Waals surface area contributed by atoms with Crippen molar-refractivity contribution in [1.29, 1.82) is 0 Å². The van der Waals surface area contributed by atoms with Crippen LogP contribution in [0, 0.1) is 12.8 Å². The highest BCUT2D eigenvalue weighted by molar-refractivity contribution is 5.93. The molecule has 2 rings (SSSR count). The van der Waals surface area contributed by atoms with Crippen LogP contribution in [0.2, 0.25) is 0 Å². The van der Waals surface area contributed by atoms with Crippen molar-refractivity contribution in [1.82, 2.24) is 10.3 Å². The van der Waals surface area contributed by atoms with Gasteiger partial charge < -0.3 is 14.8 Å². The van der Waals surface area contributed by atoms with Crippen molar-refractivity contribution in [3.05, 3.63) is 17.8 Å². The van der Waals surface area contributed by atoms with Gasteiger partial charge in [-0.15, -0.1) is 0 Å². The van der Waals surface area contributed by atoms with E-state index >= 15 is 0 Å². The fourth-order valence-corrected chi connectivity index (χ4v) is 1.78. The number of rotatable bonds is 5. The molecule has 1 aromatic heterocycles. The molecule has 1 heterocycles. The van der Waals surface area contributed by atoms with E-state index in [0.29, 0.717) is 5.76 Å². The molecule has 1 saturated carbocycles. The number of carboxylic acid groups (broad SMARTS) is 1. The molecule has 6 heteroatoms. The number of hydrogen-bond donors (Lipinski definition) is 2. The van der Waals surface area contributed by atoms with Crippen LogP contribution < -0.4 is 5.32 Å². The predicted molar refractivity (Wildman–Crippen MR) is 57.5 cm³/mol. The second-order valence-corrected chi connectivity index (χ2v) is 4.27. The second-order valence-electron chi connectivity index (χ2n) is 4.27. The average molecular weight is 238 g/mol. The number of oxazole rings is 1. The second kappa shape index (κ2) is 4.57. The van der Waals surface area contributed by atoms with Gasteiger partial charge in [0, 0.05) is 6.04 Å². The van der Waals surface area contributed by atoms with Crippen LogP contribution in [-0.2, 0) is 4.79 Å². The largest absolute Gasteiger partial charge is 0.481 e. The van der Waals surface area contributed by atoms with E-state index in [-0.39, 0.29) is 30.0 Å². The zero-order valence-corrected chi connectivity index (χ0v) is 9.47. The third kappa shape index (κ3) is 2.83. The smallest absolute Gasteiger partial charge is 0.305 e. The van der Waals surface area contributed by atoms with Crippen molar-refractivity contribution in [2.24, 2.45) is 5.92 Å². The van der Waals surface area contributed by atoms with Gasteiger partial charge in [-0.2, -0.15) is 0 Å². The van der Waals surface area contributed by atoms with E-state index in [2.05, 4.69) is 10.3 Å². The SMILES string of the molecule is Cc1ocnc1C(=O)N[C@H](CC(=O)O)C1CC1. The summed E-state index contributed by atoms with van der Waals surface area (Å²) >= 11 is 0. The van der Waals surface area contributed by atoms with Gasteiger partial charge in [-0.25, -0.2) is 4.98 Å². The van der Waals surface area contributed by atoms with E-state index in [9.17, 15) is 9.59 Å². The molecule has 6 nitrogen and oxygen atoms in total. The molecule has 0 unspecified atom stereocenters. The number of hydrogen-bond acceptors (Lipinski definition) is 4. The first kappa shape index (κ1) is 11.6. The Labute approximate surface area is 98.0 Å². The van der Waals surface area contributed by atoms with Gasteiger partial charge in [0.25, 0.3) is 5.91 Å². The first-order chi connectivity index (χ1) is 8.08. The van der Waals surface area contributed by atoms with Crippen molar-refractivity contribution in [2.75, 3.05) is 0 Å². The number of carbonyl (C=O) groups excluding carboxylic acids is 1. The lowest BCUT2D eigenvalue weighted by atomic mass is 10.1. The molecule has 0 spiro atoms. The van der Waals surface area contributed by atoms with E-state index in [1.165, 1.54) is 6.39 Å². The zero-order valence-electron chi connectivity index (χ0n) is 9.47. The number of aryl methyl sites for hydroxylation is 1. The third-order valence-electron chi connectivity index (χ3n) is 2.86. The summed E-state index contributed by atoms with van der Waals surface area (Å²) in [4.78, 5) is 26.3. The van der Waals surface area contributed by atoms with Crippen molar-refractivity contribution < 1.29 is 19.1 Å². The first-order valence-corrected chi connectivity index (χ1v) is 5.50. The fourth-order valence-electron chi connectivity index (χ4n) is 1.78. The Morgan fingerprint density at radius 3 is 2.82 bits per heavy atom. The van der Waals surface area contributed by atoms with E-state index < -0.39 is 5.97 Å². The van der Waals surface area contributed by atoms with Crippen LogP contribution in [-0.4, -0.2) is 28.0 Å². The van der Waals surface area contributed by atoms with Crippen LogP contribution in [0.5, 0.6) is 0 Å². The summed E-state index contributed by atoms with van der Waals surface area (Å²) < 4.78 is 4.94. The summed E-state index contributed by atoms with van der Waals surface area (Å²) in [6.45, 7) is 1.64. The highest BCUT2D eigenvalue weighted by Gasteiger charge is 2.34. The highest BCUT2D eigenvalue weighted by Crippen LogP contribution is 2.34. The van der Waals surface area contributed by atoms with Gasteiger partial charge in [0.05, 0.1) is 6.42 Å². The standard InChI is InChI=1S/C11H14N2O4/c1-6-10(12-5-17-6)11(16)13-8(4-9(14)15)7-2-3-7/h5,7-8H,2-4H2,1H3,(H,13,16)(H,14,15)/t8-/m1/s1. The van der Waals surface area contributed by atoms with Crippen molar-refractivity contribution >= 4 is 11.9 Å². The molecule has 1 aromatic rings. The summed E-state index contributed by atoms with van der Waals surface area (Å²) in [6.07, 6.45) is 3.09. The summed E-state index contributed by atoms with van der Waals surface area (Å²) in [5.41, 5.74) is 0.223.